The largest absolute Gasteiger partial charge is 0.497 e. The smallest absolute Gasteiger partial charge is 0.238 e. The van der Waals surface area contributed by atoms with Gasteiger partial charge >= 0.3 is 0 Å². The molecule has 0 bridgehead atoms. The van der Waals surface area contributed by atoms with Crippen molar-refractivity contribution in [1.29, 1.82) is 0 Å². The van der Waals surface area contributed by atoms with Gasteiger partial charge in [-0.1, -0.05) is 18.2 Å². The molecule has 0 saturated heterocycles. The second kappa shape index (κ2) is 8.82. The molecule has 0 aliphatic rings. The highest BCUT2D eigenvalue weighted by atomic mass is 16.5. The molecule has 2 unspecified atom stereocenters. The molecule has 8 nitrogen and oxygen atoms in total. The van der Waals surface area contributed by atoms with Gasteiger partial charge in [-0.25, -0.2) is 4.98 Å². The van der Waals surface area contributed by atoms with Crippen LogP contribution >= 0.6 is 0 Å². The van der Waals surface area contributed by atoms with Crippen molar-refractivity contribution in [3.63, 3.8) is 0 Å². The van der Waals surface area contributed by atoms with Crippen molar-refractivity contribution in [1.82, 2.24) is 19.9 Å². The van der Waals surface area contributed by atoms with Crippen LogP contribution in [0.1, 0.15) is 29.8 Å². The Morgan fingerprint density at radius 3 is 2.47 bits per heavy atom. The number of benzene rings is 2. The number of methoxy groups -OCH3 is 3. The summed E-state index contributed by atoms with van der Waals surface area (Å²) in [5.41, 5.74) is 5.21. The molecule has 6 aromatic rings. The van der Waals surface area contributed by atoms with Gasteiger partial charge in [-0.15, -0.1) is 0 Å². The maximum Gasteiger partial charge on any atom is 0.238 e. The first-order chi connectivity index (χ1) is 17.6. The molecule has 0 spiro atoms. The number of nitrogens with one attached hydrogen (secondary N) is 2. The zero-order valence-corrected chi connectivity index (χ0v) is 20.2. The van der Waals surface area contributed by atoms with Gasteiger partial charge in [0.1, 0.15) is 11.3 Å². The number of aliphatic hydroxyl groups is 1. The van der Waals surface area contributed by atoms with Gasteiger partial charge in [-0.05, 0) is 24.3 Å². The number of hydrogen-bond donors (Lipinski definition) is 3. The molecule has 4 aromatic heterocycles. The van der Waals surface area contributed by atoms with Gasteiger partial charge in [0.2, 0.25) is 5.88 Å². The molecular formula is C28H26N4O4. The summed E-state index contributed by atoms with van der Waals surface area (Å²) in [6.45, 7) is 0. The van der Waals surface area contributed by atoms with Gasteiger partial charge in [0.25, 0.3) is 0 Å². The molecule has 3 N–H and O–H groups in total. The molecule has 0 radical (unpaired) electrons. The van der Waals surface area contributed by atoms with E-state index in [1.54, 1.807) is 27.5 Å². The third kappa shape index (κ3) is 3.45. The molecule has 182 valence electrons. The highest BCUT2D eigenvalue weighted by Gasteiger charge is 2.25. The molecule has 0 aliphatic heterocycles. The van der Waals surface area contributed by atoms with Crippen LogP contribution in [0.4, 0.5) is 0 Å². The predicted octanol–water partition coefficient (Wildman–Crippen LogP) is 5.57. The van der Waals surface area contributed by atoms with E-state index in [0.29, 0.717) is 17.9 Å². The third-order valence-corrected chi connectivity index (χ3v) is 6.89. The minimum atomic E-state index is -0.860. The molecule has 8 heteroatoms. The molecule has 2 aromatic carbocycles. The van der Waals surface area contributed by atoms with Crippen molar-refractivity contribution >= 4 is 43.6 Å². The standard InChI is InChI=1S/C28H26N4O4/c1-34-15-8-9-21-17(10-15)26-18(13-30-28(36-3)27(26)32-21)23(33)11-24(35-2)19-12-29-14-22-25(19)16-6-4-5-7-20(16)31-22/h4-10,12-14,23-24,31-33H,11H2,1-3H3. The van der Waals surface area contributed by atoms with Gasteiger partial charge in [0.15, 0.2) is 0 Å². The fraction of sp³-hybridized carbons (Fsp3) is 0.214. The van der Waals surface area contributed by atoms with Crippen molar-refractivity contribution in [2.75, 3.05) is 21.3 Å². The maximum absolute atomic E-state index is 11.6. The van der Waals surface area contributed by atoms with Crippen molar-refractivity contribution < 1.29 is 19.3 Å². The molecule has 0 aliphatic carbocycles. The third-order valence-electron chi connectivity index (χ3n) is 6.89. The average Bonchev–Trinajstić information content (AvgIpc) is 3.49. The van der Waals surface area contributed by atoms with Gasteiger partial charge in [-0.2, -0.15) is 0 Å². The number of fused-ring (bicyclic) bond motifs is 6. The number of ether oxygens (including phenoxy) is 3. The number of aromatic amines is 2. The Bertz CT molecular complexity index is 1720. The Morgan fingerprint density at radius 1 is 0.833 bits per heavy atom. The second-order valence-corrected chi connectivity index (χ2v) is 8.81. The summed E-state index contributed by atoms with van der Waals surface area (Å²) >= 11 is 0. The number of para-hydroxylation sites is 1. The lowest BCUT2D eigenvalue weighted by Gasteiger charge is -2.21. The number of pyridine rings is 2. The van der Waals surface area contributed by atoms with Crippen LogP contribution in [-0.4, -0.2) is 46.4 Å². The summed E-state index contributed by atoms with van der Waals surface area (Å²) in [6, 6.07) is 13.9. The van der Waals surface area contributed by atoms with E-state index in [2.05, 4.69) is 26.0 Å². The van der Waals surface area contributed by atoms with E-state index in [4.69, 9.17) is 14.2 Å². The average molecular weight is 483 g/mol. The van der Waals surface area contributed by atoms with E-state index in [-0.39, 0.29) is 0 Å². The van der Waals surface area contributed by atoms with E-state index >= 15 is 0 Å². The monoisotopic (exact) mass is 482 g/mol. The Labute approximate surface area is 206 Å². The van der Waals surface area contributed by atoms with Crippen LogP contribution in [0, 0.1) is 0 Å². The molecule has 0 amide bonds. The minimum Gasteiger partial charge on any atom is -0.497 e. The first kappa shape index (κ1) is 22.3. The number of nitrogens with zero attached hydrogens (tertiary/aromatic N) is 2. The van der Waals surface area contributed by atoms with Crippen LogP contribution in [0.2, 0.25) is 0 Å². The molecule has 4 heterocycles. The number of hydrogen-bond acceptors (Lipinski definition) is 6. The maximum atomic E-state index is 11.6. The molecular weight excluding hydrogens is 456 g/mol. The lowest BCUT2D eigenvalue weighted by atomic mass is 9.95. The Hall–Kier alpha value is -4.14. The van der Waals surface area contributed by atoms with Gasteiger partial charge in [-0.3, -0.25) is 4.98 Å². The van der Waals surface area contributed by atoms with E-state index in [0.717, 1.165) is 54.9 Å². The Morgan fingerprint density at radius 2 is 1.67 bits per heavy atom. The van der Waals surface area contributed by atoms with Crippen LogP contribution in [0.5, 0.6) is 11.6 Å². The van der Waals surface area contributed by atoms with Gasteiger partial charge < -0.3 is 29.3 Å². The topological polar surface area (TPSA) is 105 Å². The summed E-state index contributed by atoms with van der Waals surface area (Å²) in [4.78, 5) is 15.7. The van der Waals surface area contributed by atoms with Crippen LogP contribution in [0.3, 0.4) is 0 Å². The summed E-state index contributed by atoms with van der Waals surface area (Å²) in [6.07, 6.45) is 4.38. The van der Waals surface area contributed by atoms with E-state index in [1.807, 2.05) is 48.8 Å². The minimum absolute atomic E-state index is 0.316. The number of aliphatic hydroxyl groups excluding tert-OH is 1. The normalized spacial score (nSPS) is 13.6. The predicted molar refractivity (Wildman–Crippen MR) is 140 cm³/mol. The molecule has 0 saturated carbocycles. The van der Waals surface area contributed by atoms with Gasteiger partial charge in [0.05, 0.1) is 38.1 Å². The summed E-state index contributed by atoms with van der Waals surface area (Å²) in [5.74, 6) is 1.19. The van der Waals surface area contributed by atoms with Crippen LogP contribution in [0.25, 0.3) is 43.6 Å². The second-order valence-electron chi connectivity index (χ2n) is 8.81. The molecule has 36 heavy (non-hydrogen) atoms. The fourth-order valence-electron chi connectivity index (χ4n) is 5.17. The van der Waals surface area contributed by atoms with Gasteiger partial charge in [0, 0.05) is 69.6 Å². The molecule has 6 rings (SSSR count). The number of H-pyrrole nitrogens is 2. The summed E-state index contributed by atoms with van der Waals surface area (Å²) in [7, 11) is 4.87. The van der Waals surface area contributed by atoms with E-state index in [1.165, 1.54) is 0 Å². The van der Waals surface area contributed by atoms with E-state index < -0.39 is 12.2 Å². The molecule has 2 atom stereocenters. The highest BCUT2D eigenvalue weighted by Crippen LogP contribution is 2.41. The number of rotatable bonds is 7. The lowest BCUT2D eigenvalue weighted by Crippen LogP contribution is -2.10. The Kier molecular flexibility index (Phi) is 5.47. The van der Waals surface area contributed by atoms with Crippen molar-refractivity contribution in [3.05, 3.63) is 72.2 Å². The van der Waals surface area contributed by atoms with Crippen molar-refractivity contribution in [2.24, 2.45) is 0 Å². The zero-order valence-electron chi connectivity index (χ0n) is 20.2. The van der Waals surface area contributed by atoms with E-state index in [9.17, 15) is 5.11 Å². The first-order valence-corrected chi connectivity index (χ1v) is 11.7. The molecule has 0 fully saturated rings. The van der Waals surface area contributed by atoms with Crippen molar-refractivity contribution in [3.8, 4) is 11.6 Å². The SMILES string of the molecule is COc1ccc2[nH]c3c(OC)ncc(C(O)CC(OC)c4cncc5[nH]c6ccccc6c45)c3c2c1. The summed E-state index contributed by atoms with van der Waals surface area (Å²) < 4.78 is 16.9. The zero-order chi connectivity index (χ0) is 24.8. The van der Waals surface area contributed by atoms with Crippen LogP contribution < -0.4 is 9.47 Å². The Balaban J connectivity index is 1.47. The first-order valence-electron chi connectivity index (χ1n) is 11.7. The van der Waals surface area contributed by atoms with Crippen LogP contribution in [-0.2, 0) is 4.74 Å². The lowest BCUT2D eigenvalue weighted by molar-refractivity contribution is 0.0451. The van der Waals surface area contributed by atoms with Crippen LogP contribution in [0.15, 0.2) is 61.1 Å². The summed E-state index contributed by atoms with van der Waals surface area (Å²) in [5, 5.41) is 15.5. The number of aromatic nitrogens is 4. The quantitative estimate of drug-likeness (QED) is 0.275. The highest BCUT2D eigenvalue weighted by molar-refractivity contribution is 6.11. The van der Waals surface area contributed by atoms with Crippen molar-refractivity contribution in [2.45, 2.75) is 18.6 Å². The fourth-order valence-corrected chi connectivity index (χ4v) is 5.17.